The Hall–Kier alpha value is -3.61. The lowest BCUT2D eigenvalue weighted by Crippen LogP contribution is -2.43. The van der Waals surface area contributed by atoms with E-state index < -0.39 is 18.3 Å². The van der Waals surface area contributed by atoms with Gasteiger partial charge in [0.05, 0.1) is 0 Å². The second-order valence-electron chi connectivity index (χ2n) is 5.95. The molecule has 0 aliphatic carbocycles. The number of benzene rings is 2. The fraction of sp³-hybridized carbons (Fsp3) is 0.143. The van der Waals surface area contributed by atoms with Crippen LogP contribution in [0, 0.1) is 5.82 Å². The monoisotopic (exact) mass is 382 g/mol. The molecule has 0 spiro atoms. The number of carbonyl (C=O) groups excluding carboxylic acids is 2. The largest absolute Gasteiger partial charge is 0.481 e. The predicted octanol–water partition coefficient (Wildman–Crippen LogP) is 3.24. The number of nitrogens with one attached hydrogen (secondary N) is 2. The summed E-state index contributed by atoms with van der Waals surface area (Å²) in [6, 6.07) is 19.1. The molecule has 0 atom stereocenters. The first-order chi connectivity index (χ1) is 13.6. The first kappa shape index (κ1) is 19.2. The Morgan fingerprint density at radius 3 is 2.39 bits per heavy atom. The average molecular weight is 382 g/mol. The molecule has 0 saturated carbocycles. The van der Waals surface area contributed by atoms with Crippen molar-refractivity contribution in [3.63, 3.8) is 0 Å². The van der Waals surface area contributed by atoms with Crippen molar-refractivity contribution < 1.29 is 23.1 Å². The first-order valence-electron chi connectivity index (χ1n) is 8.71. The summed E-state index contributed by atoms with van der Waals surface area (Å²) in [4.78, 5) is 23.5. The van der Waals surface area contributed by atoms with Crippen LogP contribution in [-0.2, 0) is 16.0 Å². The van der Waals surface area contributed by atoms with Gasteiger partial charge in [-0.2, -0.15) is 0 Å². The SMILES string of the molecule is O=C(CCc1ccc(-c2ccccc2)o1)NNC(=O)COc1ccccc1F. The minimum atomic E-state index is -0.596. The third-order valence-corrected chi connectivity index (χ3v) is 3.86. The number of halogens is 1. The van der Waals surface area contributed by atoms with Crippen molar-refractivity contribution in [3.05, 3.63) is 78.3 Å². The summed E-state index contributed by atoms with van der Waals surface area (Å²) in [5, 5.41) is 0. The van der Waals surface area contributed by atoms with Gasteiger partial charge in [-0.05, 0) is 24.3 Å². The van der Waals surface area contributed by atoms with Crippen LogP contribution >= 0.6 is 0 Å². The Balaban J connectivity index is 1.38. The number of hydrazine groups is 1. The third-order valence-electron chi connectivity index (χ3n) is 3.86. The van der Waals surface area contributed by atoms with E-state index in [2.05, 4.69) is 10.9 Å². The number of ether oxygens (including phenoxy) is 1. The van der Waals surface area contributed by atoms with Gasteiger partial charge in [0.25, 0.3) is 5.91 Å². The average Bonchev–Trinajstić information content (AvgIpc) is 3.20. The van der Waals surface area contributed by atoms with Gasteiger partial charge < -0.3 is 9.15 Å². The Morgan fingerprint density at radius 2 is 1.61 bits per heavy atom. The molecule has 0 unspecified atom stereocenters. The molecule has 2 aromatic carbocycles. The second-order valence-corrected chi connectivity index (χ2v) is 5.95. The Kier molecular flexibility index (Phi) is 6.41. The van der Waals surface area contributed by atoms with Gasteiger partial charge in [-0.3, -0.25) is 20.4 Å². The lowest BCUT2D eigenvalue weighted by molar-refractivity contribution is -0.130. The van der Waals surface area contributed by atoms with E-state index in [1.807, 2.05) is 42.5 Å². The molecule has 2 N–H and O–H groups in total. The maximum Gasteiger partial charge on any atom is 0.276 e. The van der Waals surface area contributed by atoms with Crippen LogP contribution in [0.4, 0.5) is 4.39 Å². The highest BCUT2D eigenvalue weighted by molar-refractivity contribution is 5.82. The van der Waals surface area contributed by atoms with Crippen molar-refractivity contribution in [2.75, 3.05) is 6.61 Å². The molecule has 0 fully saturated rings. The van der Waals surface area contributed by atoms with Crippen molar-refractivity contribution in [2.45, 2.75) is 12.8 Å². The zero-order chi connectivity index (χ0) is 19.8. The summed E-state index contributed by atoms with van der Waals surface area (Å²) in [5.41, 5.74) is 5.47. The summed E-state index contributed by atoms with van der Waals surface area (Å²) in [5.74, 6) is -0.167. The molecule has 0 aliphatic heterocycles. The van der Waals surface area contributed by atoms with Crippen molar-refractivity contribution in [2.24, 2.45) is 0 Å². The maximum atomic E-state index is 13.4. The smallest absolute Gasteiger partial charge is 0.276 e. The van der Waals surface area contributed by atoms with Crippen LogP contribution in [0.1, 0.15) is 12.2 Å². The van der Waals surface area contributed by atoms with E-state index in [0.717, 1.165) is 11.3 Å². The second kappa shape index (κ2) is 9.36. The molecule has 144 valence electrons. The summed E-state index contributed by atoms with van der Waals surface area (Å²) in [6.07, 6.45) is 0.524. The third kappa shape index (κ3) is 5.44. The lowest BCUT2D eigenvalue weighted by Gasteiger charge is -2.09. The highest BCUT2D eigenvalue weighted by atomic mass is 19.1. The molecule has 3 rings (SSSR count). The van der Waals surface area contributed by atoms with Gasteiger partial charge in [0.15, 0.2) is 18.2 Å². The van der Waals surface area contributed by atoms with Gasteiger partial charge in [-0.1, -0.05) is 42.5 Å². The topological polar surface area (TPSA) is 80.6 Å². The lowest BCUT2D eigenvalue weighted by atomic mass is 10.2. The molecule has 2 amide bonds. The van der Waals surface area contributed by atoms with E-state index in [1.54, 1.807) is 6.07 Å². The van der Waals surface area contributed by atoms with Gasteiger partial charge in [0.1, 0.15) is 11.5 Å². The van der Waals surface area contributed by atoms with E-state index in [4.69, 9.17) is 9.15 Å². The molecule has 7 heteroatoms. The van der Waals surface area contributed by atoms with Crippen LogP contribution in [-0.4, -0.2) is 18.4 Å². The first-order valence-corrected chi connectivity index (χ1v) is 8.71. The Bertz CT molecular complexity index is 940. The molecular formula is C21H19FN2O4. The molecule has 28 heavy (non-hydrogen) atoms. The van der Waals surface area contributed by atoms with Gasteiger partial charge in [0, 0.05) is 18.4 Å². The molecule has 3 aromatic rings. The molecule has 1 heterocycles. The fourth-order valence-electron chi connectivity index (χ4n) is 2.45. The quantitative estimate of drug-likeness (QED) is 0.615. The number of para-hydroxylation sites is 1. The van der Waals surface area contributed by atoms with Crippen molar-refractivity contribution in [3.8, 4) is 17.1 Å². The zero-order valence-electron chi connectivity index (χ0n) is 15.0. The Labute approximate surface area is 161 Å². The van der Waals surface area contributed by atoms with Gasteiger partial charge in [-0.15, -0.1) is 0 Å². The van der Waals surface area contributed by atoms with E-state index in [-0.39, 0.29) is 18.1 Å². The molecule has 6 nitrogen and oxygen atoms in total. The van der Waals surface area contributed by atoms with Crippen LogP contribution < -0.4 is 15.6 Å². The standard InChI is InChI=1S/C21H19FN2O4/c22-17-8-4-5-9-19(17)27-14-21(26)24-23-20(25)13-11-16-10-12-18(28-16)15-6-2-1-3-7-15/h1-10,12H,11,13-14H2,(H,23,25)(H,24,26). The molecule has 0 radical (unpaired) electrons. The minimum absolute atomic E-state index is 0.0315. The van der Waals surface area contributed by atoms with Gasteiger partial charge >= 0.3 is 0 Å². The Morgan fingerprint density at radius 1 is 0.893 bits per heavy atom. The van der Waals surface area contributed by atoms with Gasteiger partial charge in [-0.25, -0.2) is 4.39 Å². The summed E-state index contributed by atoms with van der Waals surface area (Å²) in [7, 11) is 0. The fourth-order valence-corrected chi connectivity index (χ4v) is 2.45. The van der Waals surface area contributed by atoms with Crippen LogP contribution in [0.15, 0.2) is 71.1 Å². The van der Waals surface area contributed by atoms with Crippen molar-refractivity contribution >= 4 is 11.8 Å². The predicted molar refractivity (Wildman–Crippen MR) is 101 cm³/mol. The van der Waals surface area contributed by atoms with Crippen molar-refractivity contribution in [1.29, 1.82) is 0 Å². The summed E-state index contributed by atoms with van der Waals surface area (Å²) in [6.45, 7) is -0.417. The van der Waals surface area contributed by atoms with Crippen molar-refractivity contribution in [1.82, 2.24) is 10.9 Å². The number of hydrogen-bond acceptors (Lipinski definition) is 4. The normalized spacial score (nSPS) is 10.3. The van der Waals surface area contributed by atoms with Crippen LogP contribution in [0.5, 0.6) is 5.75 Å². The zero-order valence-corrected chi connectivity index (χ0v) is 15.0. The van der Waals surface area contributed by atoms with Gasteiger partial charge in [0.2, 0.25) is 5.91 Å². The molecule has 0 bridgehead atoms. The highest BCUT2D eigenvalue weighted by Gasteiger charge is 2.10. The minimum Gasteiger partial charge on any atom is -0.481 e. The van der Waals surface area contributed by atoms with E-state index in [1.165, 1.54) is 18.2 Å². The van der Waals surface area contributed by atoms with Crippen LogP contribution in [0.3, 0.4) is 0 Å². The molecule has 1 aromatic heterocycles. The highest BCUT2D eigenvalue weighted by Crippen LogP contribution is 2.22. The van der Waals surface area contributed by atoms with E-state index >= 15 is 0 Å². The summed E-state index contributed by atoms with van der Waals surface area (Å²) >= 11 is 0. The summed E-state index contributed by atoms with van der Waals surface area (Å²) < 4.78 is 24.2. The number of amides is 2. The molecule has 0 aliphatic rings. The molecule has 0 saturated heterocycles. The number of hydrogen-bond donors (Lipinski definition) is 2. The number of carbonyl (C=O) groups is 2. The molecular weight excluding hydrogens is 363 g/mol. The number of rotatable bonds is 7. The van der Waals surface area contributed by atoms with Crippen LogP contribution in [0.2, 0.25) is 0 Å². The number of furan rings is 1. The number of aryl methyl sites for hydroxylation is 1. The van der Waals surface area contributed by atoms with E-state index in [9.17, 15) is 14.0 Å². The maximum absolute atomic E-state index is 13.4. The van der Waals surface area contributed by atoms with E-state index in [0.29, 0.717) is 12.2 Å². The van der Waals surface area contributed by atoms with Crippen LogP contribution in [0.25, 0.3) is 11.3 Å².